The molecule has 0 aliphatic carbocycles. The maximum Gasteiger partial charge on any atom is 0.241 e. The fourth-order valence-electron chi connectivity index (χ4n) is 1.90. The Balaban J connectivity index is 2.06. The summed E-state index contributed by atoms with van der Waals surface area (Å²) in [5, 5.41) is 3.03. The Morgan fingerprint density at radius 3 is 2.26 bits per heavy atom. The SMILES string of the molecule is Cc1ccccc1S(=O)(=O)NCC(=O)Nc1c(Cl)cccc1Cl. The van der Waals surface area contributed by atoms with Crippen LogP contribution < -0.4 is 10.0 Å². The third-order valence-electron chi connectivity index (χ3n) is 3.03. The van der Waals surface area contributed by atoms with Crippen molar-refractivity contribution in [2.24, 2.45) is 0 Å². The van der Waals surface area contributed by atoms with Gasteiger partial charge in [0.1, 0.15) is 0 Å². The first-order valence-electron chi connectivity index (χ1n) is 6.60. The van der Waals surface area contributed by atoms with Crippen LogP contribution in [0.4, 0.5) is 5.69 Å². The van der Waals surface area contributed by atoms with Gasteiger partial charge in [-0.15, -0.1) is 0 Å². The average molecular weight is 373 g/mol. The standard InChI is InChI=1S/C15H14Cl2N2O3S/c1-10-5-2-3-8-13(10)23(21,22)18-9-14(20)19-15-11(16)6-4-7-12(15)17/h2-8,18H,9H2,1H3,(H,19,20). The number of halogens is 2. The molecule has 0 aromatic heterocycles. The second-order valence-electron chi connectivity index (χ2n) is 4.73. The Kier molecular flexibility index (Phi) is 5.64. The summed E-state index contributed by atoms with van der Waals surface area (Å²) in [5.41, 5.74) is 0.838. The van der Waals surface area contributed by atoms with E-state index in [4.69, 9.17) is 23.2 Å². The third-order valence-corrected chi connectivity index (χ3v) is 5.22. The summed E-state index contributed by atoms with van der Waals surface area (Å²) in [7, 11) is -3.78. The molecule has 2 aromatic carbocycles. The van der Waals surface area contributed by atoms with Crippen molar-refractivity contribution < 1.29 is 13.2 Å². The third kappa shape index (κ3) is 4.45. The van der Waals surface area contributed by atoms with Crippen molar-refractivity contribution >= 4 is 44.8 Å². The van der Waals surface area contributed by atoms with Crippen LogP contribution in [-0.4, -0.2) is 20.9 Å². The van der Waals surface area contributed by atoms with Gasteiger partial charge in [-0.25, -0.2) is 13.1 Å². The average Bonchev–Trinajstić information content (AvgIpc) is 2.49. The molecule has 0 atom stereocenters. The minimum atomic E-state index is -3.78. The summed E-state index contributed by atoms with van der Waals surface area (Å²) in [6, 6.07) is 11.3. The lowest BCUT2D eigenvalue weighted by Crippen LogP contribution is -2.33. The molecule has 1 amide bonds. The van der Waals surface area contributed by atoms with Gasteiger partial charge in [0.25, 0.3) is 0 Å². The fourth-order valence-corrected chi connectivity index (χ4v) is 3.62. The highest BCUT2D eigenvalue weighted by Gasteiger charge is 2.18. The summed E-state index contributed by atoms with van der Waals surface area (Å²) in [6.07, 6.45) is 0. The summed E-state index contributed by atoms with van der Waals surface area (Å²) in [5.74, 6) is -0.572. The first kappa shape index (κ1) is 17.7. The van der Waals surface area contributed by atoms with E-state index < -0.39 is 22.5 Å². The van der Waals surface area contributed by atoms with Gasteiger partial charge in [0.2, 0.25) is 15.9 Å². The van der Waals surface area contributed by atoms with Gasteiger partial charge in [-0.2, -0.15) is 0 Å². The molecular weight excluding hydrogens is 359 g/mol. The largest absolute Gasteiger partial charge is 0.322 e. The molecule has 0 spiro atoms. The van der Waals surface area contributed by atoms with Crippen LogP contribution >= 0.6 is 23.2 Å². The number of benzene rings is 2. The normalized spacial score (nSPS) is 11.3. The smallest absolute Gasteiger partial charge is 0.241 e. The van der Waals surface area contributed by atoms with Crippen molar-refractivity contribution in [1.29, 1.82) is 0 Å². The van der Waals surface area contributed by atoms with Gasteiger partial charge in [-0.3, -0.25) is 4.79 Å². The lowest BCUT2D eigenvalue weighted by atomic mass is 10.2. The lowest BCUT2D eigenvalue weighted by molar-refractivity contribution is -0.115. The van der Waals surface area contributed by atoms with E-state index in [2.05, 4.69) is 10.0 Å². The second kappa shape index (κ2) is 7.31. The number of sulfonamides is 1. The monoisotopic (exact) mass is 372 g/mol. The van der Waals surface area contributed by atoms with Gasteiger partial charge in [0.15, 0.2) is 0 Å². The van der Waals surface area contributed by atoms with Gasteiger partial charge < -0.3 is 5.32 Å². The topological polar surface area (TPSA) is 75.3 Å². The Hall–Kier alpha value is -1.60. The zero-order chi connectivity index (χ0) is 17.0. The highest BCUT2D eigenvalue weighted by Crippen LogP contribution is 2.29. The number of amides is 1. The molecule has 2 N–H and O–H groups in total. The van der Waals surface area contributed by atoms with Crippen LogP contribution in [0.5, 0.6) is 0 Å². The molecule has 2 aromatic rings. The van der Waals surface area contributed by atoms with Crippen molar-refractivity contribution in [3.05, 3.63) is 58.1 Å². The first-order valence-corrected chi connectivity index (χ1v) is 8.84. The van der Waals surface area contributed by atoms with Gasteiger partial charge >= 0.3 is 0 Å². The molecule has 0 saturated heterocycles. The van der Waals surface area contributed by atoms with E-state index in [0.717, 1.165) is 0 Å². The van der Waals surface area contributed by atoms with Crippen molar-refractivity contribution in [3.8, 4) is 0 Å². The number of carbonyl (C=O) groups is 1. The number of hydrogen-bond acceptors (Lipinski definition) is 3. The molecule has 0 fully saturated rings. The maximum atomic E-state index is 12.2. The van der Waals surface area contributed by atoms with Crippen LogP contribution in [-0.2, 0) is 14.8 Å². The van der Waals surface area contributed by atoms with Gasteiger partial charge in [-0.05, 0) is 30.7 Å². The van der Waals surface area contributed by atoms with E-state index in [-0.39, 0.29) is 20.6 Å². The summed E-state index contributed by atoms with van der Waals surface area (Å²) >= 11 is 11.9. The summed E-state index contributed by atoms with van der Waals surface area (Å²) in [4.78, 5) is 12.1. The number of aryl methyl sites for hydroxylation is 1. The number of carbonyl (C=O) groups excluding carboxylic acids is 1. The Labute approximate surface area is 144 Å². The van der Waals surface area contributed by atoms with Crippen LogP contribution in [0.25, 0.3) is 0 Å². The molecule has 0 aliphatic rings. The molecular formula is C15H14Cl2N2O3S. The molecule has 5 nitrogen and oxygen atoms in total. The van der Waals surface area contributed by atoms with Crippen molar-refractivity contribution in [1.82, 2.24) is 4.72 Å². The summed E-state index contributed by atoms with van der Waals surface area (Å²) in [6.45, 7) is 1.25. The highest BCUT2D eigenvalue weighted by molar-refractivity contribution is 7.89. The van der Waals surface area contributed by atoms with Crippen LogP contribution in [0, 0.1) is 6.92 Å². The molecule has 0 heterocycles. The molecule has 0 aliphatic heterocycles. The van der Waals surface area contributed by atoms with Crippen LogP contribution in [0.3, 0.4) is 0 Å². The fraction of sp³-hybridized carbons (Fsp3) is 0.133. The predicted molar refractivity (Wildman–Crippen MR) is 91.5 cm³/mol. The molecule has 0 saturated carbocycles. The quantitative estimate of drug-likeness (QED) is 0.845. The maximum absolute atomic E-state index is 12.2. The Morgan fingerprint density at radius 2 is 1.65 bits per heavy atom. The lowest BCUT2D eigenvalue weighted by Gasteiger charge is -2.11. The molecule has 2 rings (SSSR count). The first-order chi connectivity index (χ1) is 10.8. The van der Waals surface area contributed by atoms with Crippen molar-refractivity contribution in [2.75, 3.05) is 11.9 Å². The van der Waals surface area contributed by atoms with E-state index in [9.17, 15) is 13.2 Å². The second-order valence-corrected chi connectivity index (χ2v) is 7.28. The molecule has 8 heteroatoms. The van der Waals surface area contributed by atoms with Crippen molar-refractivity contribution in [2.45, 2.75) is 11.8 Å². The van der Waals surface area contributed by atoms with E-state index in [1.165, 1.54) is 6.07 Å². The Bertz CT molecular complexity index is 818. The minimum Gasteiger partial charge on any atom is -0.322 e. The number of rotatable bonds is 5. The molecule has 0 unspecified atom stereocenters. The van der Waals surface area contributed by atoms with Crippen LogP contribution in [0.15, 0.2) is 47.4 Å². The van der Waals surface area contributed by atoms with Crippen LogP contribution in [0.1, 0.15) is 5.56 Å². The molecule has 0 bridgehead atoms. The van der Waals surface area contributed by atoms with E-state index in [1.807, 2.05) is 0 Å². The van der Waals surface area contributed by atoms with E-state index in [0.29, 0.717) is 5.56 Å². The van der Waals surface area contributed by atoms with E-state index >= 15 is 0 Å². The highest BCUT2D eigenvalue weighted by atomic mass is 35.5. The molecule has 0 radical (unpaired) electrons. The molecule has 122 valence electrons. The molecule has 23 heavy (non-hydrogen) atoms. The van der Waals surface area contributed by atoms with E-state index in [1.54, 1.807) is 43.3 Å². The van der Waals surface area contributed by atoms with Crippen LogP contribution in [0.2, 0.25) is 10.0 Å². The Morgan fingerprint density at radius 1 is 1.04 bits per heavy atom. The van der Waals surface area contributed by atoms with Gasteiger partial charge in [0, 0.05) is 0 Å². The number of nitrogens with one attached hydrogen (secondary N) is 2. The number of para-hydroxylation sites is 1. The minimum absolute atomic E-state index is 0.128. The van der Waals surface area contributed by atoms with Gasteiger partial charge in [-0.1, -0.05) is 47.5 Å². The predicted octanol–water partition coefficient (Wildman–Crippen LogP) is 3.22. The number of anilines is 1. The van der Waals surface area contributed by atoms with Crippen molar-refractivity contribution in [3.63, 3.8) is 0 Å². The summed E-state index contributed by atoms with van der Waals surface area (Å²) < 4.78 is 26.7. The zero-order valence-electron chi connectivity index (χ0n) is 12.1. The van der Waals surface area contributed by atoms with Gasteiger partial charge in [0.05, 0.1) is 27.2 Å². The zero-order valence-corrected chi connectivity index (χ0v) is 14.5. The number of hydrogen-bond donors (Lipinski definition) is 2.